The van der Waals surface area contributed by atoms with Gasteiger partial charge in [0.15, 0.2) is 5.69 Å². The van der Waals surface area contributed by atoms with Gasteiger partial charge in [-0.1, -0.05) is 25.0 Å². The Morgan fingerprint density at radius 3 is 2.90 bits per heavy atom. The standard InChI is InChI=1S/C16H15NO2S/c1-4-11-8-7-9-12(10-11)15-17-14(13(5-2)20-15)16(18)19-6-3/h1,7-10H,5-6H2,2-3H3. The molecule has 4 heteroatoms. The zero-order chi connectivity index (χ0) is 14.5. The molecule has 0 aliphatic heterocycles. The van der Waals surface area contributed by atoms with E-state index in [1.807, 2.05) is 31.2 Å². The minimum atomic E-state index is -0.361. The number of hydrogen-bond donors (Lipinski definition) is 0. The maximum absolute atomic E-state index is 11.9. The number of terminal acetylenes is 1. The van der Waals surface area contributed by atoms with Gasteiger partial charge < -0.3 is 4.74 Å². The molecule has 0 aliphatic rings. The summed E-state index contributed by atoms with van der Waals surface area (Å²) in [6.07, 6.45) is 6.16. The summed E-state index contributed by atoms with van der Waals surface area (Å²) < 4.78 is 5.04. The Bertz CT molecular complexity index is 667. The Hall–Kier alpha value is -2.12. The first kappa shape index (κ1) is 14.3. The molecule has 0 radical (unpaired) electrons. The highest BCUT2D eigenvalue weighted by Crippen LogP contribution is 2.29. The molecule has 20 heavy (non-hydrogen) atoms. The summed E-state index contributed by atoms with van der Waals surface area (Å²) in [5.74, 6) is 2.24. The number of benzene rings is 1. The number of ether oxygens (including phenoxy) is 1. The average molecular weight is 285 g/mol. The predicted molar refractivity (Wildman–Crippen MR) is 80.8 cm³/mol. The fraction of sp³-hybridized carbons (Fsp3) is 0.250. The van der Waals surface area contributed by atoms with Crippen LogP contribution in [-0.2, 0) is 11.2 Å². The molecule has 1 aromatic carbocycles. The van der Waals surface area contributed by atoms with E-state index in [0.29, 0.717) is 12.3 Å². The number of carbonyl (C=O) groups excluding carboxylic acids is 1. The van der Waals surface area contributed by atoms with Crippen LogP contribution in [0.1, 0.15) is 34.8 Å². The number of carbonyl (C=O) groups is 1. The van der Waals surface area contributed by atoms with Gasteiger partial charge in [-0.2, -0.15) is 0 Å². The van der Waals surface area contributed by atoms with Gasteiger partial charge in [0.2, 0.25) is 0 Å². The lowest BCUT2D eigenvalue weighted by atomic mass is 10.1. The Kier molecular flexibility index (Phi) is 4.54. The molecule has 2 aromatic rings. The molecule has 0 spiro atoms. The van der Waals surface area contributed by atoms with Crippen LogP contribution in [0.2, 0.25) is 0 Å². The van der Waals surface area contributed by atoms with Gasteiger partial charge in [-0.15, -0.1) is 17.8 Å². The summed E-state index contributed by atoms with van der Waals surface area (Å²) in [6.45, 7) is 4.13. The van der Waals surface area contributed by atoms with E-state index in [4.69, 9.17) is 11.2 Å². The maximum Gasteiger partial charge on any atom is 0.358 e. The van der Waals surface area contributed by atoms with E-state index in [2.05, 4.69) is 10.9 Å². The fourth-order valence-electron chi connectivity index (χ4n) is 1.82. The fourth-order valence-corrected chi connectivity index (χ4v) is 2.80. The van der Waals surface area contributed by atoms with Crippen LogP contribution in [0.15, 0.2) is 24.3 Å². The van der Waals surface area contributed by atoms with Crippen molar-refractivity contribution in [2.45, 2.75) is 20.3 Å². The van der Waals surface area contributed by atoms with Crippen LogP contribution in [0.25, 0.3) is 10.6 Å². The first-order valence-electron chi connectivity index (χ1n) is 6.43. The second kappa shape index (κ2) is 6.36. The second-order valence-corrected chi connectivity index (χ2v) is 5.17. The highest BCUT2D eigenvalue weighted by molar-refractivity contribution is 7.15. The number of thiazole rings is 1. The molecule has 2 rings (SSSR count). The number of aromatic nitrogens is 1. The van der Waals surface area contributed by atoms with Crippen LogP contribution < -0.4 is 0 Å². The molecule has 102 valence electrons. The summed E-state index contributed by atoms with van der Waals surface area (Å²) in [5, 5.41) is 0.794. The third-order valence-corrected chi connectivity index (χ3v) is 4.01. The van der Waals surface area contributed by atoms with Crippen LogP contribution in [0.3, 0.4) is 0 Å². The Balaban J connectivity index is 2.43. The quantitative estimate of drug-likeness (QED) is 0.637. The summed E-state index contributed by atoms with van der Waals surface area (Å²) in [4.78, 5) is 17.2. The summed E-state index contributed by atoms with van der Waals surface area (Å²) >= 11 is 1.51. The van der Waals surface area contributed by atoms with Crippen LogP contribution >= 0.6 is 11.3 Å². The van der Waals surface area contributed by atoms with Crippen molar-refractivity contribution in [2.24, 2.45) is 0 Å². The highest BCUT2D eigenvalue weighted by Gasteiger charge is 2.18. The predicted octanol–water partition coefficient (Wildman–Crippen LogP) is 3.53. The molecular weight excluding hydrogens is 270 g/mol. The molecular formula is C16H15NO2S. The van der Waals surface area contributed by atoms with Gasteiger partial charge in [0.1, 0.15) is 5.01 Å². The Labute approximate surface area is 122 Å². The number of rotatable bonds is 4. The van der Waals surface area contributed by atoms with Crippen molar-refractivity contribution >= 4 is 17.3 Å². The number of hydrogen-bond acceptors (Lipinski definition) is 4. The van der Waals surface area contributed by atoms with Crippen LogP contribution in [0.4, 0.5) is 0 Å². The lowest BCUT2D eigenvalue weighted by Crippen LogP contribution is -2.07. The van der Waals surface area contributed by atoms with Gasteiger partial charge >= 0.3 is 5.97 Å². The third-order valence-electron chi connectivity index (χ3n) is 2.76. The van der Waals surface area contributed by atoms with Crippen LogP contribution in [0, 0.1) is 12.3 Å². The summed E-state index contributed by atoms with van der Waals surface area (Å²) in [5.41, 5.74) is 2.14. The topological polar surface area (TPSA) is 39.2 Å². The lowest BCUT2D eigenvalue weighted by molar-refractivity contribution is 0.0519. The molecule has 0 amide bonds. The SMILES string of the molecule is C#Cc1cccc(-c2nc(C(=O)OCC)c(CC)s2)c1. The smallest absolute Gasteiger partial charge is 0.358 e. The monoisotopic (exact) mass is 285 g/mol. The average Bonchev–Trinajstić information content (AvgIpc) is 2.92. The van der Waals surface area contributed by atoms with Crippen LogP contribution in [-0.4, -0.2) is 17.6 Å². The van der Waals surface area contributed by atoms with E-state index in [0.717, 1.165) is 27.4 Å². The van der Waals surface area contributed by atoms with E-state index in [-0.39, 0.29) is 5.97 Å². The molecule has 0 aliphatic carbocycles. The van der Waals surface area contributed by atoms with Gasteiger partial charge in [0.25, 0.3) is 0 Å². The number of nitrogens with zero attached hydrogens (tertiary/aromatic N) is 1. The largest absolute Gasteiger partial charge is 0.461 e. The molecule has 0 N–H and O–H groups in total. The van der Waals surface area contributed by atoms with Gasteiger partial charge in [0, 0.05) is 16.0 Å². The minimum absolute atomic E-state index is 0.349. The Morgan fingerprint density at radius 2 is 2.25 bits per heavy atom. The van der Waals surface area contributed by atoms with Crippen molar-refractivity contribution in [3.05, 3.63) is 40.4 Å². The van der Waals surface area contributed by atoms with E-state index in [1.54, 1.807) is 6.92 Å². The molecule has 3 nitrogen and oxygen atoms in total. The summed E-state index contributed by atoms with van der Waals surface area (Å²) in [7, 11) is 0. The lowest BCUT2D eigenvalue weighted by Gasteiger charge is -1.99. The minimum Gasteiger partial charge on any atom is -0.461 e. The van der Waals surface area contributed by atoms with E-state index < -0.39 is 0 Å². The maximum atomic E-state index is 11.9. The van der Waals surface area contributed by atoms with E-state index >= 15 is 0 Å². The zero-order valence-electron chi connectivity index (χ0n) is 11.5. The van der Waals surface area contributed by atoms with Crippen LogP contribution in [0.5, 0.6) is 0 Å². The molecule has 0 unspecified atom stereocenters. The van der Waals surface area contributed by atoms with Crippen molar-refractivity contribution in [2.75, 3.05) is 6.61 Å². The zero-order valence-corrected chi connectivity index (χ0v) is 12.3. The molecule has 0 saturated carbocycles. The first-order chi connectivity index (χ1) is 9.69. The summed E-state index contributed by atoms with van der Waals surface area (Å²) in [6, 6.07) is 7.59. The van der Waals surface area contributed by atoms with Crippen molar-refractivity contribution in [1.29, 1.82) is 0 Å². The molecule has 0 bridgehead atoms. The van der Waals surface area contributed by atoms with Crippen molar-refractivity contribution < 1.29 is 9.53 Å². The first-order valence-corrected chi connectivity index (χ1v) is 7.25. The number of aryl methyl sites for hydroxylation is 1. The van der Waals surface area contributed by atoms with E-state index in [1.165, 1.54) is 11.3 Å². The number of esters is 1. The second-order valence-electron chi connectivity index (χ2n) is 4.09. The molecule has 1 heterocycles. The highest BCUT2D eigenvalue weighted by atomic mass is 32.1. The van der Waals surface area contributed by atoms with Gasteiger partial charge in [-0.05, 0) is 25.5 Å². The normalized spacial score (nSPS) is 10.1. The Morgan fingerprint density at radius 1 is 1.45 bits per heavy atom. The molecule has 1 aromatic heterocycles. The third kappa shape index (κ3) is 2.89. The van der Waals surface area contributed by atoms with E-state index in [9.17, 15) is 4.79 Å². The van der Waals surface area contributed by atoms with Crippen molar-refractivity contribution in [3.63, 3.8) is 0 Å². The van der Waals surface area contributed by atoms with Gasteiger partial charge in [-0.25, -0.2) is 9.78 Å². The van der Waals surface area contributed by atoms with Gasteiger partial charge in [0.05, 0.1) is 6.61 Å². The molecule has 0 fully saturated rings. The molecule has 0 saturated heterocycles. The van der Waals surface area contributed by atoms with Crippen molar-refractivity contribution in [3.8, 4) is 22.9 Å². The van der Waals surface area contributed by atoms with Crippen molar-refractivity contribution in [1.82, 2.24) is 4.98 Å². The van der Waals surface area contributed by atoms with Gasteiger partial charge in [-0.3, -0.25) is 0 Å². The molecule has 0 atom stereocenters.